The third-order valence-electron chi connectivity index (χ3n) is 4.02. The molecule has 0 aromatic heterocycles. The van der Waals surface area contributed by atoms with Gasteiger partial charge in [0, 0.05) is 12.3 Å². The molecule has 2 aromatic rings. The lowest BCUT2D eigenvalue weighted by Crippen LogP contribution is -2.17. The van der Waals surface area contributed by atoms with E-state index in [0.29, 0.717) is 5.56 Å². The monoisotopic (exact) mass is 408 g/mol. The second-order valence-electron chi connectivity index (χ2n) is 5.81. The minimum Gasteiger partial charge on any atom is -0.507 e. The summed E-state index contributed by atoms with van der Waals surface area (Å²) in [6.45, 7) is 1.70. The minimum atomic E-state index is -1.84. The van der Waals surface area contributed by atoms with Crippen LogP contribution in [0.2, 0.25) is 0 Å². The molecule has 2 aromatic carbocycles. The third-order valence-corrected chi connectivity index (χ3v) is 5.01. The Hall–Kier alpha value is -3.07. The summed E-state index contributed by atoms with van der Waals surface area (Å²) in [5.41, 5.74) is -0.288. The van der Waals surface area contributed by atoms with E-state index in [4.69, 9.17) is 14.2 Å². The zero-order valence-corrected chi connectivity index (χ0v) is 16.8. The Labute approximate surface area is 164 Å². The number of hydrogen-bond donors (Lipinski definition) is 2. The molecule has 2 rings (SSSR count). The van der Waals surface area contributed by atoms with Crippen molar-refractivity contribution in [2.24, 2.45) is 0 Å². The van der Waals surface area contributed by atoms with Crippen LogP contribution in [0.25, 0.3) is 0 Å². The van der Waals surface area contributed by atoms with Crippen LogP contribution in [0.4, 0.5) is 0 Å². The number of rotatable bonds is 6. The number of esters is 1. The first-order valence-electron chi connectivity index (χ1n) is 7.95. The molecule has 28 heavy (non-hydrogen) atoms. The van der Waals surface area contributed by atoms with Crippen LogP contribution in [-0.4, -0.2) is 53.8 Å². The van der Waals surface area contributed by atoms with Crippen molar-refractivity contribution in [3.63, 3.8) is 0 Å². The van der Waals surface area contributed by atoms with Crippen LogP contribution in [0.3, 0.4) is 0 Å². The zero-order valence-electron chi connectivity index (χ0n) is 16.0. The number of phenolic OH excluding ortho intramolecular Hbond substituents is 2. The van der Waals surface area contributed by atoms with Gasteiger partial charge in [0.15, 0.2) is 0 Å². The predicted octanol–water partition coefficient (Wildman–Crippen LogP) is 2.18. The van der Waals surface area contributed by atoms with E-state index < -0.39 is 33.9 Å². The molecule has 9 heteroatoms. The topological polar surface area (TPSA) is 119 Å². The second kappa shape index (κ2) is 8.30. The van der Waals surface area contributed by atoms with Gasteiger partial charge in [0.25, 0.3) is 0 Å². The average Bonchev–Trinajstić information content (AvgIpc) is 2.64. The number of ketones is 1. The summed E-state index contributed by atoms with van der Waals surface area (Å²) in [5, 5.41) is 20.6. The Kier molecular flexibility index (Phi) is 6.30. The molecule has 0 aliphatic rings. The summed E-state index contributed by atoms with van der Waals surface area (Å²) in [6.07, 6.45) is 1.24. The highest BCUT2D eigenvalue weighted by Crippen LogP contribution is 2.40. The molecule has 1 atom stereocenters. The SMILES string of the molecule is COC(=O)c1c(C(=O)c2c(O)cc(C)cc2OC)c(OC)cc(O)c1[S@](C)=O. The number of aromatic hydroxyl groups is 2. The summed E-state index contributed by atoms with van der Waals surface area (Å²) in [5.74, 6) is -2.75. The number of carbonyl (C=O) groups excluding carboxylic acids is 2. The normalized spacial score (nSPS) is 11.6. The predicted molar refractivity (Wildman–Crippen MR) is 101 cm³/mol. The van der Waals surface area contributed by atoms with E-state index >= 15 is 0 Å². The highest BCUT2D eigenvalue weighted by molar-refractivity contribution is 7.84. The Bertz CT molecular complexity index is 981. The van der Waals surface area contributed by atoms with Gasteiger partial charge in [-0.2, -0.15) is 0 Å². The van der Waals surface area contributed by atoms with Crippen LogP contribution >= 0.6 is 0 Å². The highest BCUT2D eigenvalue weighted by Gasteiger charge is 2.33. The second-order valence-corrected chi connectivity index (χ2v) is 7.13. The Morgan fingerprint density at radius 1 is 0.893 bits per heavy atom. The van der Waals surface area contributed by atoms with E-state index in [0.717, 1.165) is 13.2 Å². The summed E-state index contributed by atoms with van der Waals surface area (Å²) >= 11 is 0. The molecule has 0 saturated heterocycles. The van der Waals surface area contributed by atoms with E-state index in [1.165, 1.54) is 32.6 Å². The fourth-order valence-electron chi connectivity index (χ4n) is 2.85. The van der Waals surface area contributed by atoms with E-state index in [1.54, 1.807) is 6.92 Å². The Balaban J connectivity index is 2.96. The van der Waals surface area contributed by atoms with Crippen LogP contribution in [0, 0.1) is 6.92 Å². The molecule has 0 spiro atoms. The van der Waals surface area contributed by atoms with Gasteiger partial charge in [0.2, 0.25) is 5.78 Å². The van der Waals surface area contributed by atoms with E-state index in [9.17, 15) is 24.0 Å². The largest absolute Gasteiger partial charge is 0.507 e. The molecule has 0 bridgehead atoms. The van der Waals surface area contributed by atoms with Crippen molar-refractivity contribution in [3.05, 3.63) is 40.5 Å². The number of methoxy groups -OCH3 is 3. The number of carbonyl (C=O) groups is 2. The van der Waals surface area contributed by atoms with Crippen molar-refractivity contribution < 1.29 is 38.2 Å². The minimum absolute atomic E-state index is 0.0765. The van der Waals surface area contributed by atoms with Gasteiger partial charge < -0.3 is 24.4 Å². The number of aryl methyl sites for hydroxylation is 1. The molecular weight excluding hydrogens is 388 g/mol. The summed E-state index contributed by atoms with van der Waals surface area (Å²) < 4.78 is 27.3. The first-order valence-corrected chi connectivity index (χ1v) is 9.51. The molecule has 0 saturated carbocycles. The Morgan fingerprint density at radius 3 is 1.96 bits per heavy atom. The molecule has 0 fully saturated rings. The van der Waals surface area contributed by atoms with Crippen molar-refractivity contribution in [3.8, 4) is 23.0 Å². The van der Waals surface area contributed by atoms with Crippen LogP contribution in [0.5, 0.6) is 23.0 Å². The summed E-state index contributed by atoms with van der Waals surface area (Å²) in [7, 11) is 1.81. The van der Waals surface area contributed by atoms with Gasteiger partial charge in [0.05, 0.1) is 48.2 Å². The van der Waals surface area contributed by atoms with Crippen molar-refractivity contribution in [2.75, 3.05) is 27.6 Å². The molecule has 0 aliphatic heterocycles. The molecule has 0 unspecified atom stereocenters. The van der Waals surface area contributed by atoms with Gasteiger partial charge in [-0.15, -0.1) is 0 Å². The molecular formula is C19H20O8S. The van der Waals surface area contributed by atoms with E-state index in [2.05, 4.69) is 0 Å². The number of ether oxygens (including phenoxy) is 3. The molecule has 2 N–H and O–H groups in total. The fraction of sp³-hybridized carbons (Fsp3) is 0.263. The standard InChI is InChI=1S/C19H20O8S/c1-9-6-10(20)14(12(7-9)25-2)17(22)15-13(26-3)8-11(21)18(28(5)24)16(15)19(23)27-4/h6-8,20-21H,1-5H3/t28-/m0/s1. The summed E-state index contributed by atoms with van der Waals surface area (Å²) in [6, 6.07) is 3.98. The average molecular weight is 408 g/mol. The lowest BCUT2D eigenvalue weighted by atomic mass is 9.94. The number of hydrogen-bond acceptors (Lipinski definition) is 8. The number of benzene rings is 2. The lowest BCUT2D eigenvalue weighted by Gasteiger charge is -2.18. The zero-order chi connectivity index (χ0) is 21.2. The van der Waals surface area contributed by atoms with Gasteiger partial charge in [-0.25, -0.2) is 4.79 Å². The third kappa shape index (κ3) is 3.65. The van der Waals surface area contributed by atoms with Crippen LogP contribution < -0.4 is 9.47 Å². The molecule has 0 aliphatic carbocycles. The molecule has 0 radical (unpaired) electrons. The maximum atomic E-state index is 13.4. The molecule has 8 nitrogen and oxygen atoms in total. The van der Waals surface area contributed by atoms with Crippen LogP contribution in [0.1, 0.15) is 31.8 Å². The van der Waals surface area contributed by atoms with E-state index in [1.807, 2.05) is 0 Å². The maximum Gasteiger partial charge on any atom is 0.340 e. The van der Waals surface area contributed by atoms with Crippen molar-refractivity contribution in [1.29, 1.82) is 0 Å². The highest BCUT2D eigenvalue weighted by atomic mass is 32.2. The first-order chi connectivity index (χ1) is 13.2. The Morgan fingerprint density at radius 2 is 1.46 bits per heavy atom. The number of phenols is 2. The van der Waals surface area contributed by atoms with E-state index in [-0.39, 0.29) is 33.3 Å². The van der Waals surface area contributed by atoms with Gasteiger partial charge in [-0.1, -0.05) is 0 Å². The quantitative estimate of drug-likeness (QED) is 0.551. The van der Waals surface area contributed by atoms with Gasteiger partial charge >= 0.3 is 5.97 Å². The van der Waals surface area contributed by atoms with Crippen LogP contribution in [0.15, 0.2) is 23.1 Å². The smallest absolute Gasteiger partial charge is 0.340 e. The molecule has 150 valence electrons. The summed E-state index contributed by atoms with van der Waals surface area (Å²) in [4.78, 5) is 25.5. The van der Waals surface area contributed by atoms with Gasteiger partial charge in [0.1, 0.15) is 28.6 Å². The van der Waals surface area contributed by atoms with Crippen molar-refractivity contribution >= 4 is 22.6 Å². The van der Waals surface area contributed by atoms with Gasteiger partial charge in [-0.05, 0) is 24.6 Å². The van der Waals surface area contributed by atoms with Crippen molar-refractivity contribution in [2.45, 2.75) is 11.8 Å². The van der Waals surface area contributed by atoms with Crippen molar-refractivity contribution in [1.82, 2.24) is 0 Å². The maximum absolute atomic E-state index is 13.4. The molecule has 0 heterocycles. The lowest BCUT2D eigenvalue weighted by molar-refractivity contribution is 0.0591. The van der Waals surface area contributed by atoms with Crippen LogP contribution in [-0.2, 0) is 15.5 Å². The molecule has 0 amide bonds. The fourth-order valence-corrected chi connectivity index (χ4v) is 3.68. The van der Waals surface area contributed by atoms with Gasteiger partial charge in [-0.3, -0.25) is 9.00 Å². The first kappa shape index (κ1) is 21.2.